The second-order valence-electron chi connectivity index (χ2n) is 5.04. The minimum atomic E-state index is -3.39. The second kappa shape index (κ2) is 6.53. The highest BCUT2D eigenvalue weighted by Gasteiger charge is 2.38. The smallest absolute Gasteiger partial charge is 0.252 e. The first-order valence-electron chi connectivity index (χ1n) is 6.75. The molecule has 0 spiro atoms. The summed E-state index contributed by atoms with van der Waals surface area (Å²) < 4.78 is 32.6. The molecular formula is C13H22N2O3S2. The summed E-state index contributed by atoms with van der Waals surface area (Å²) >= 11 is 1.37. The first-order valence-corrected chi connectivity index (χ1v) is 9.01. The van der Waals surface area contributed by atoms with Gasteiger partial charge in [-0.3, -0.25) is 0 Å². The van der Waals surface area contributed by atoms with Crippen molar-refractivity contribution in [1.29, 1.82) is 0 Å². The van der Waals surface area contributed by atoms with Gasteiger partial charge in [-0.15, -0.1) is 11.3 Å². The highest BCUT2D eigenvalue weighted by Crippen LogP contribution is 2.35. The summed E-state index contributed by atoms with van der Waals surface area (Å²) in [7, 11) is 0.0728. The summed E-state index contributed by atoms with van der Waals surface area (Å²) in [5.74, 6) is 0. The molecule has 0 aliphatic heterocycles. The third kappa shape index (κ3) is 3.40. The van der Waals surface area contributed by atoms with Crippen molar-refractivity contribution in [3.63, 3.8) is 0 Å². The Morgan fingerprint density at radius 3 is 2.75 bits per heavy atom. The largest absolute Gasteiger partial charge is 0.383 e. The lowest BCUT2D eigenvalue weighted by Gasteiger charge is -2.20. The van der Waals surface area contributed by atoms with Crippen molar-refractivity contribution in [2.75, 3.05) is 27.3 Å². The lowest BCUT2D eigenvalue weighted by atomic mass is 10.3. The minimum Gasteiger partial charge on any atom is -0.383 e. The average molecular weight is 318 g/mol. The molecular weight excluding hydrogens is 296 g/mol. The van der Waals surface area contributed by atoms with Gasteiger partial charge in [0.25, 0.3) is 10.0 Å². The number of thiophene rings is 1. The molecule has 7 heteroatoms. The Bertz CT molecular complexity index is 550. The molecule has 1 fully saturated rings. The number of hydrogen-bond acceptors (Lipinski definition) is 5. The van der Waals surface area contributed by atoms with Gasteiger partial charge in [0.2, 0.25) is 0 Å². The van der Waals surface area contributed by atoms with Gasteiger partial charge in [0, 0.05) is 31.1 Å². The highest BCUT2D eigenvalue weighted by molar-refractivity contribution is 7.91. The Morgan fingerprint density at radius 1 is 1.50 bits per heavy atom. The summed E-state index contributed by atoms with van der Waals surface area (Å²) in [4.78, 5) is 1.08. The lowest BCUT2D eigenvalue weighted by molar-refractivity contribution is 0.177. The van der Waals surface area contributed by atoms with Crippen LogP contribution in [0, 0.1) is 6.92 Å². The van der Waals surface area contributed by atoms with Crippen LogP contribution in [0.3, 0.4) is 0 Å². The average Bonchev–Trinajstić information content (AvgIpc) is 3.15. The SMILES string of the molecule is CNCc1sc(S(=O)(=O)N(CCOC)C2CC2)cc1C. The number of sulfonamides is 1. The molecule has 2 rings (SSSR count). The van der Waals surface area contributed by atoms with E-state index in [1.807, 2.05) is 14.0 Å². The third-order valence-corrected chi connectivity index (χ3v) is 7.01. The summed E-state index contributed by atoms with van der Waals surface area (Å²) in [5.41, 5.74) is 1.03. The Kier molecular flexibility index (Phi) is 5.19. The van der Waals surface area contributed by atoms with Crippen LogP contribution in [0.25, 0.3) is 0 Å². The summed E-state index contributed by atoms with van der Waals surface area (Å²) in [5, 5.41) is 3.07. The van der Waals surface area contributed by atoms with Crippen LogP contribution in [-0.4, -0.2) is 46.1 Å². The van der Waals surface area contributed by atoms with E-state index in [2.05, 4.69) is 5.32 Å². The number of nitrogens with zero attached hydrogens (tertiary/aromatic N) is 1. The van der Waals surface area contributed by atoms with Crippen LogP contribution in [0.1, 0.15) is 23.3 Å². The first kappa shape index (κ1) is 15.9. The molecule has 20 heavy (non-hydrogen) atoms. The maximum atomic E-state index is 12.7. The molecule has 0 atom stereocenters. The van der Waals surface area contributed by atoms with Crippen molar-refractivity contribution < 1.29 is 13.2 Å². The van der Waals surface area contributed by atoms with Gasteiger partial charge >= 0.3 is 0 Å². The van der Waals surface area contributed by atoms with Crippen LogP contribution in [0.5, 0.6) is 0 Å². The molecule has 0 amide bonds. The molecule has 114 valence electrons. The molecule has 0 bridgehead atoms. The fourth-order valence-electron chi connectivity index (χ4n) is 2.11. The van der Waals surface area contributed by atoms with Gasteiger partial charge in [-0.1, -0.05) is 0 Å². The molecule has 5 nitrogen and oxygen atoms in total. The van der Waals surface area contributed by atoms with Gasteiger partial charge < -0.3 is 10.1 Å². The van der Waals surface area contributed by atoms with Gasteiger partial charge in [0.15, 0.2) is 0 Å². The number of aryl methyl sites for hydroxylation is 1. The Hall–Kier alpha value is -0.470. The Balaban J connectivity index is 2.25. The van der Waals surface area contributed by atoms with Gasteiger partial charge in [-0.05, 0) is 38.4 Å². The quantitative estimate of drug-likeness (QED) is 0.790. The van der Waals surface area contributed by atoms with Crippen molar-refractivity contribution in [3.8, 4) is 0 Å². The third-order valence-electron chi connectivity index (χ3n) is 3.37. The van der Waals surface area contributed by atoms with E-state index in [9.17, 15) is 8.42 Å². The normalized spacial score (nSPS) is 16.0. The molecule has 1 aliphatic rings. The lowest BCUT2D eigenvalue weighted by Crippen LogP contribution is -2.35. The Labute approximate surface area is 125 Å². The van der Waals surface area contributed by atoms with E-state index in [0.29, 0.717) is 23.9 Å². The number of nitrogens with one attached hydrogen (secondary N) is 1. The number of rotatable bonds is 8. The maximum Gasteiger partial charge on any atom is 0.252 e. The van der Waals surface area contributed by atoms with Crippen LogP contribution in [0.15, 0.2) is 10.3 Å². The molecule has 0 aromatic carbocycles. The zero-order valence-electron chi connectivity index (χ0n) is 12.2. The fraction of sp³-hybridized carbons (Fsp3) is 0.692. The molecule has 1 N–H and O–H groups in total. The van der Waals surface area contributed by atoms with E-state index in [-0.39, 0.29) is 6.04 Å². The van der Waals surface area contributed by atoms with E-state index < -0.39 is 10.0 Å². The van der Waals surface area contributed by atoms with Crippen molar-refractivity contribution in [2.24, 2.45) is 0 Å². The number of hydrogen-bond donors (Lipinski definition) is 1. The molecule has 1 heterocycles. The fourth-order valence-corrected chi connectivity index (χ4v) is 5.51. The molecule has 0 unspecified atom stereocenters. The molecule has 1 aromatic heterocycles. The predicted molar refractivity (Wildman–Crippen MR) is 80.6 cm³/mol. The van der Waals surface area contributed by atoms with Crippen LogP contribution < -0.4 is 5.32 Å². The van der Waals surface area contributed by atoms with Gasteiger partial charge in [-0.2, -0.15) is 4.31 Å². The zero-order valence-corrected chi connectivity index (χ0v) is 13.8. The summed E-state index contributed by atoms with van der Waals surface area (Å²) in [6, 6.07) is 1.94. The zero-order chi connectivity index (χ0) is 14.8. The summed E-state index contributed by atoms with van der Waals surface area (Å²) in [6.07, 6.45) is 1.91. The highest BCUT2D eigenvalue weighted by atomic mass is 32.2. The first-order chi connectivity index (χ1) is 9.50. The van der Waals surface area contributed by atoms with Crippen LogP contribution in [0.2, 0.25) is 0 Å². The van der Waals surface area contributed by atoms with E-state index in [4.69, 9.17) is 4.74 Å². The summed E-state index contributed by atoms with van der Waals surface area (Å²) in [6.45, 7) is 3.53. The van der Waals surface area contributed by atoms with Crippen LogP contribution in [-0.2, 0) is 21.3 Å². The number of methoxy groups -OCH3 is 1. The monoisotopic (exact) mass is 318 g/mol. The van der Waals surface area contributed by atoms with Gasteiger partial charge in [0.1, 0.15) is 4.21 Å². The van der Waals surface area contributed by atoms with E-state index in [1.165, 1.54) is 11.3 Å². The minimum absolute atomic E-state index is 0.158. The van der Waals surface area contributed by atoms with Gasteiger partial charge in [0.05, 0.1) is 6.61 Å². The Morgan fingerprint density at radius 2 is 2.20 bits per heavy atom. The molecule has 1 aliphatic carbocycles. The van der Waals surface area contributed by atoms with E-state index >= 15 is 0 Å². The van der Waals surface area contributed by atoms with Crippen LogP contribution >= 0.6 is 11.3 Å². The van der Waals surface area contributed by atoms with Crippen LogP contribution in [0.4, 0.5) is 0 Å². The van der Waals surface area contributed by atoms with E-state index in [1.54, 1.807) is 17.5 Å². The predicted octanol–water partition coefficient (Wildman–Crippen LogP) is 1.58. The van der Waals surface area contributed by atoms with Crippen molar-refractivity contribution in [3.05, 3.63) is 16.5 Å². The molecule has 1 aromatic rings. The molecule has 0 saturated heterocycles. The molecule has 1 saturated carbocycles. The van der Waals surface area contributed by atoms with Crippen molar-refractivity contribution >= 4 is 21.4 Å². The molecule has 0 radical (unpaired) electrons. The number of ether oxygens (including phenoxy) is 1. The maximum absolute atomic E-state index is 12.7. The standard InChI is InChI=1S/C13H22N2O3S2/c1-10-8-13(19-12(10)9-14-2)20(16,17)15(6-7-18-3)11-4-5-11/h8,11,14H,4-7,9H2,1-3H3. The van der Waals surface area contributed by atoms with Crippen molar-refractivity contribution in [2.45, 2.75) is 36.6 Å². The topological polar surface area (TPSA) is 58.6 Å². The second-order valence-corrected chi connectivity index (χ2v) is 8.30. The van der Waals surface area contributed by atoms with E-state index in [0.717, 1.165) is 23.3 Å². The van der Waals surface area contributed by atoms with Crippen molar-refractivity contribution in [1.82, 2.24) is 9.62 Å². The van der Waals surface area contributed by atoms with Gasteiger partial charge in [-0.25, -0.2) is 8.42 Å².